The molecule has 0 spiro atoms. The molecule has 0 aliphatic carbocycles. The van der Waals surface area contributed by atoms with E-state index in [0.29, 0.717) is 0 Å². The van der Waals surface area contributed by atoms with E-state index in [0.717, 1.165) is 13.0 Å². The minimum absolute atomic E-state index is 1.09. The van der Waals surface area contributed by atoms with Crippen molar-refractivity contribution in [3.8, 4) is 0 Å². The summed E-state index contributed by atoms with van der Waals surface area (Å²) >= 11 is 0. The van der Waals surface area contributed by atoms with E-state index < -0.39 is 0 Å². The lowest BCUT2D eigenvalue weighted by molar-refractivity contribution is -0.697. The van der Waals surface area contributed by atoms with Crippen LogP contribution in [0.1, 0.15) is 12.8 Å². The van der Waals surface area contributed by atoms with Crippen LogP contribution in [0, 0.1) is 0 Å². The van der Waals surface area contributed by atoms with Gasteiger partial charge in [-0.25, -0.2) is 4.57 Å². The fourth-order valence-corrected chi connectivity index (χ4v) is 1.00. The number of pyridine rings is 1. The van der Waals surface area contributed by atoms with E-state index >= 15 is 0 Å². The van der Waals surface area contributed by atoms with E-state index in [1.807, 2.05) is 24.3 Å². The van der Waals surface area contributed by atoms with E-state index in [1.165, 1.54) is 6.42 Å². The average Bonchev–Trinajstić information content (AvgIpc) is 2.07. The van der Waals surface area contributed by atoms with Crippen LogP contribution in [0.25, 0.3) is 0 Å². The van der Waals surface area contributed by atoms with Crippen molar-refractivity contribution >= 4 is 0 Å². The molecule has 0 saturated heterocycles. The van der Waals surface area contributed by atoms with Gasteiger partial charge in [0.2, 0.25) is 0 Å². The maximum absolute atomic E-state index is 3.68. The van der Waals surface area contributed by atoms with Gasteiger partial charge in [0.1, 0.15) is 6.54 Å². The largest absolute Gasteiger partial charge is 0.205 e. The molecule has 0 aliphatic rings. The van der Waals surface area contributed by atoms with Crippen molar-refractivity contribution < 1.29 is 4.57 Å². The van der Waals surface area contributed by atoms with E-state index in [4.69, 9.17) is 0 Å². The molecule has 0 atom stereocenters. The Bertz CT molecular complexity index is 203. The second-order valence-corrected chi connectivity index (χ2v) is 2.54. The van der Waals surface area contributed by atoms with E-state index in [9.17, 15) is 0 Å². The summed E-state index contributed by atoms with van der Waals surface area (Å²) in [6, 6.07) is 6.13. The molecule has 0 amide bonds. The molecule has 1 heteroatoms. The predicted molar refractivity (Wildman–Crippen MR) is 46.1 cm³/mol. The predicted octanol–water partition coefficient (Wildman–Crippen LogP) is 1.94. The molecule has 11 heavy (non-hydrogen) atoms. The van der Waals surface area contributed by atoms with Crippen molar-refractivity contribution in [3.05, 3.63) is 43.2 Å². The molecule has 0 N–H and O–H groups in total. The van der Waals surface area contributed by atoms with Crippen LogP contribution >= 0.6 is 0 Å². The maximum Gasteiger partial charge on any atom is 0.168 e. The summed E-state index contributed by atoms with van der Waals surface area (Å²) in [4.78, 5) is 0. The molecular formula is C10H14N+. The third kappa shape index (κ3) is 2.99. The van der Waals surface area contributed by atoms with E-state index in [2.05, 4.69) is 23.5 Å². The summed E-state index contributed by atoms with van der Waals surface area (Å²) in [5.74, 6) is 0. The van der Waals surface area contributed by atoms with E-state index in [-0.39, 0.29) is 0 Å². The van der Waals surface area contributed by atoms with Crippen molar-refractivity contribution in [1.29, 1.82) is 0 Å². The topological polar surface area (TPSA) is 3.88 Å². The standard InChI is InChI=1S/C10H14N/c1-2-3-5-8-11-9-6-4-7-10-11/h2,4,6-7,9-10H,1,3,5,8H2/q+1. The molecule has 0 radical (unpaired) electrons. The van der Waals surface area contributed by atoms with Crippen molar-refractivity contribution in [2.75, 3.05) is 0 Å². The van der Waals surface area contributed by atoms with Gasteiger partial charge < -0.3 is 0 Å². The van der Waals surface area contributed by atoms with Gasteiger partial charge in [-0.15, -0.1) is 6.58 Å². The molecule has 1 nitrogen and oxygen atoms in total. The van der Waals surface area contributed by atoms with Gasteiger partial charge >= 0.3 is 0 Å². The summed E-state index contributed by atoms with van der Waals surface area (Å²) in [5, 5.41) is 0. The zero-order chi connectivity index (χ0) is 7.94. The molecule has 0 aliphatic heterocycles. The maximum atomic E-state index is 3.68. The normalized spacial score (nSPS) is 9.45. The number of nitrogens with zero attached hydrogens (tertiary/aromatic N) is 1. The summed E-state index contributed by atoms with van der Waals surface area (Å²) in [6.45, 7) is 4.77. The van der Waals surface area contributed by atoms with Gasteiger partial charge in [-0.2, -0.15) is 0 Å². The summed E-state index contributed by atoms with van der Waals surface area (Å²) < 4.78 is 2.18. The Balaban J connectivity index is 2.33. The van der Waals surface area contributed by atoms with Crippen LogP contribution < -0.4 is 4.57 Å². The Labute approximate surface area is 68.0 Å². The molecule has 0 unspecified atom stereocenters. The molecular weight excluding hydrogens is 134 g/mol. The Morgan fingerprint density at radius 1 is 1.18 bits per heavy atom. The molecule has 1 aromatic rings. The fraction of sp³-hybridized carbons (Fsp3) is 0.300. The highest BCUT2D eigenvalue weighted by Crippen LogP contribution is 1.88. The van der Waals surface area contributed by atoms with Gasteiger partial charge in [0.15, 0.2) is 12.4 Å². The minimum atomic E-state index is 1.09. The van der Waals surface area contributed by atoms with Crippen molar-refractivity contribution in [3.63, 3.8) is 0 Å². The minimum Gasteiger partial charge on any atom is -0.205 e. The third-order valence-electron chi connectivity index (χ3n) is 1.60. The first-order valence-corrected chi connectivity index (χ1v) is 3.98. The highest BCUT2D eigenvalue weighted by atomic mass is 14.9. The van der Waals surface area contributed by atoms with Gasteiger partial charge in [0, 0.05) is 18.6 Å². The Morgan fingerprint density at radius 2 is 1.91 bits per heavy atom. The molecule has 58 valence electrons. The zero-order valence-electron chi connectivity index (χ0n) is 6.74. The van der Waals surface area contributed by atoms with Gasteiger partial charge in [0.25, 0.3) is 0 Å². The second-order valence-electron chi connectivity index (χ2n) is 2.54. The molecule has 0 saturated carbocycles. The highest BCUT2D eigenvalue weighted by Gasteiger charge is 1.94. The van der Waals surface area contributed by atoms with Crippen molar-refractivity contribution in [1.82, 2.24) is 0 Å². The first-order chi connectivity index (χ1) is 5.43. The molecule has 0 fully saturated rings. The number of allylic oxidation sites excluding steroid dienone is 1. The van der Waals surface area contributed by atoms with Crippen LogP contribution in [0.3, 0.4) is 0 Å². The number of unbranched alkanes of at least 4 members (excludes halogenated alkanes) is 1. The van der Waals surface area contributed by atoms with Gasteiger partial charge in [-0.3, -0.25) is 0 Å². The number of aromatic nitrogens is 1. The number of hydrogen-bond acceptors (Lipinski definition) is 0. The quantitative estimate of drug-likeness (QED) is 0.349. The van der Waals surface area contributed by atoms with Crippen LogP contribution in [0.4, 0.5) is 0 Å². The SMILES string of the molecule is C=CCCC[n+]1ccccc1. The molecule has 0 aromatic carbocycles. The van der Waals surface area contributed by atoms with Crippen molar-refractivity contribution in [2.24, 2.45) is 0 Å². The monoisotopic (exact) mass is 148 g/mol. The lowest BCUT2D eigenvalue weighted by Gasteiger charge is -1.92. The molecule has 1 aromatic heterocycles. The second kappa shape index (κ2) is 4.67. The Morgan fingerprint density at radius 3 is 2.55 bits per heavy atom. The lowest BCUT2D eigenvalue weighted by atomic mass is 10.3. The molecule has 1 rings (SSSR count). The Kier molecular flexibility index (Phi) is 3.39. The summed E-state index contributed by atoms with van der Waals surface area (Å²) in [5.41, 5.74) is 0. The van der Waals surface area contributed by atoms with Crippen LogP contribution in [0.5, 0.6) is 0 Å². The van der Waals surface area contributed by atoms with Gasteiger partial charge in [-0.1, -0.05) is 12.1 Å². The fourth-order valence-electron chi connectivity index (χ4n) is 1.00. The summed E-state index contributed by atoms with van der Waals surface area (Å²) in [6.07, 6.45) is 8.41. The van der Waals surface area contributed by atoms with Gasteiger partial charge in [-0.05, 0) is 6.42 Å². The number of rotatable bonds is 4. The zero-order valence-corrected chi connectivity index (χ0v) is 6.74. The number of aryl methyl sites for hydroxylation is 1. The average molecular weight is 148 g/mol. The van der Waals surface area contributed by atoms with Crippen LogP contribution in [-0.2, 0) is 6.54 Å². The van der Waals surface area contributed by atoms with Gasteiger partial charge in [0.05, 0.1) is 0 Å². The molecule has 1 heterocycles. The van der Waals surface area contributed by atoms with Crippen molar-refractivity contribution in [2.45, 2.75) is 19.4 Å². The third-order valence-corrected chi connectivity index (χ3v) is 1.60. The molecule has 0 bridgehead atoms. The van der Waals surface area contributed by atoms with Crippen LogP contribution in [-0.4, -0.2) is 0 Å². The van der Waals surface area contributed by atoms with Crippen LogP contribution in [0.15, 0.2) is 43.2 Å². The lowest BCUT2D eigenvalue weighted by Crippen LogP contribution is -2.31. The number of hydrogen-bond donors (Lipinski definition) is 0. The summed E-state index contributed by atoms with van der Waals surface area (Å²) in [7, 11) is 0. The van der Waals surface area contributed by atoms with E-state index in [1.54, 1.807) is 0 Å². The van der Waals surface area contributed by atoms with Crippen LogP contribution in [0.2, 0.25) is 0 Å². The Hall–Kier alpha value is -1.11. The first kappa shape index (κ1) is 7.99. The smallest absolute Gasteiger partial charge is 0.168 e. The first-order valence-electron chi connectivity index (χ1n) is 3.98. The highest BCUT2D eigenvalue weighted by molar-refractivity contribution is 4.83.